The van der Waals surface area contributed by atoms with E-state index in [1.807, 2.05) is 0 Å². The summed E-state index contributed by atoms with van der Waals surface area (Å²) in [6, 6.07) is 8.99. The maximum absolute atomic E-state index is 12.4. The zero-order valence-electron chi connectivity index (χ0n) is 13.6. The van der Waals surface area contributed by atoms with Gasteiger partial charge in [0, 0.05) is 31.4 Å². The number of rotatable bonds is 3. The molecule has 0 radical (unpaired) electrons. The van der Waals surface area contributed by atoms with Crippen LogP contribution in [0.1, 0.15) is 24.8 Å². The number of amides is 1. The first-order valence-corrected chi connectivity index (χ1v) is 8.05. The van der Waals surface area contributed by atoms with E-state index in [0.717, 1.165) is 45.4 Å². The van der Waals surface area contributed by atoms with E-state index >= 15 is 0 Å². The van der Waals surface area contributed by atoms with Crippen molar-refractivity contribution in [3.63, 3.8) is 0 Å². The maximum Gasteiger partial charge on any atom is 0.227 e. The van der Waals surface area contributed by atoms with Crippen LogP contribution in [0.4, 0.5) is 5.69 Å². The van der Waals surface area contributed by atoms with Crippen molar-refractivity contribution in [2.45, 2.75) is 32.2 Å². The van der Waals surface area contributed by atoms with Crippen LogP contribution in [0.5, 0.6) is 0 Å². The quantitative estimate of drug-likeness (QED) is 0.871. The highest BCUT2D eigenvalue weighted by molar-refractivity contribution is 5.85. The number of piperidine rings is 1. The third-order valence-corrected chi connectivity index (χ3v) is 4.61. The number of carbonyl (C=O) groups is 1. The van der Waals surface area contributed by atoms with Gasteiger partial charge in [0.15, 0.2) is 0 Å². The zero-order chi connectivity index (χ0) is 14.7. The van der Waals surface area contributed by atoms with Crippen LogP contribution < -0.4 is 10.6 Å². The molecule has 130 valence electrons. The number of hydrogen-bond acceptors (Lipinski definition) is 3. The standard InChI is InChI=1S/C17H25N3O.2ClH/c1-13-3-2-4-16(11-13)19-15-6-9-20(10-7-15)17(21)14-5-8-18-12-14;;/h2-4,11,14-15,18-19H,5-10,12H2,1H3;2*1H. The van der Waals surface area contributed by atoms with Crippen molar-refractivity contribution in [2.75, 3.05) is 31.5 Å². The fourth-order valence-electron chi connectivity index (χ4n) is 3.34. The predicted octanol–water partition coefficient (Wildman–Crippen LogP) is 2.85. The molecule has 2 fully saturated rings. The number of nitrogens with zero attached hydrogens (tertiary/aromatic N) is 1. The summed E-state index contributed by atoms with van der Waals surface area (Å²) >= 11 is 0. The van der Waals surface area contributed by atoms with Crippen molar-refractivity contribution in [3.05, 3.63) is 29.8 Å². The Balaban J connectivity index is 0.00000132. The van der Waals surface area contributed by atoms with E-state index in [9.17, 15) is 4.79 Å². The Bertz CT molecular complexity index is 498. The SMILES string of the molecule is Cc1cccc(NC2CCN(C(=O)C3CCNC3)CC2)c1.Cl.Cl. The predicted molar refractivity (Wildman–Crippen MR) is 99.9 cm³/mol. The van der Waals surface area contributed by atoms with E-state index in [0.29, 0.717) is 11.9 Å². The fourth-order valence-corrected chi connectivity index (χ4v) is 3.34. The van der Waals surface area contributed by atoms with E-state index in [2.05, 4.69) is 46.7 Å². The Hall–Kier alpha value is -0.970. The highest BCUT2D eigenvalue weighted by Gasteiger charge is 2.29. The Kier molecular flexibility index (Phi) is 8.17. The van der Waals surface area contributed by atoms with Crippen LogP contribution in [-0.4, -0.2) is 43.0 Å². The summed E-state index contributed by atoms with van der Waals surface area (Å²) in [6.07, 6.45) is 3.08. The minimum atomic E-state index is 0. The molecule has 1 amide bonds. The minimum absolute atomic E-state index is 0. The summed E-state index contributed by atoms with van der Waals surface area (Å²) in [5.74, 6) is 0.570. The Labute approximate surface area is 151 Å². The first-order valence-electron chi connectivity index (χ1n) is 8.05. The molecule has 0 saturated carbocycles. The summed E-state index contributed by atoms with van der Waals surface area (Å²) in [5, 5.41) is 6.88. The first-order chi connectivity index (χ1) is 10.2. The van der Waals surface area contributed by atoms with Gasteiger partial charge in [-0.25, -0.2) is 0 Å². The number of aryl methyl sites for hydroxylation is 1. The van der Waals surface area contributed by atoms with Gasteiger partial charge in [-0.1, -0.05) is 12.1 Å². The summed E-state index contributed by atoms with van der Waals surface area (Å²) in [6.45, 7) is 5.74. The Morgan fingerprint density at radius 1 is 1.22 bits per heavy atom. The summed E-state index contributed by atoms with van der Waals surface area (Å²) in [4.78, 5) is 14.4. The molecular weight excluding hydrogens is 333 g/mol. The lowest BCUT2D eigenvalue weighted by atomic mass is 10.0. The number of anilines is 1. The van der Waals surface area contributed by atoms with E-state index in [4.69, 9.17) is 0 Å². The number of benzene rings is 1. The molecule has 2 N–H and O–H groups in total. The van der Waals surface area contributed by atoms with Crippen LogP contribution in [0.3, 0.4) is 0 Å². The van der Waals surface area contributed by atoms with E-state index in [1.54, 1.807) is 0 Å². The molecule has 0 spiro atoms. The molecule has 2 heterocycles. The Morgan fingerprint density at radius 2 is 1.96 bits per heavy atom. The van der Waals surface area contributed by atoms with Crippen molar-refractivity contribution >= 4 is 36.4 Å². The van der Waals surface area contributed by atoms with Crippen LogP contribution in [0.15, 0.2) is 24.3 Å². The van der Waals surface area contributed by atoms with Gasteiger partial charge in [0.2, 0.25) is 5.91 Å². The van der Waals surface area contributed by atoms with Gasteiger partial charge in [-0.05, 0) is 50.4 Å². The summed E-state index contributed by atoms with van der Waals surface area (Å²) in [7, 11) is 0. The van der Waals surface area contributed by atoms with Crippen LogP contribution in [0, 0.1) is 12.8 Å². The van der Waals surface area contributed by atoms with Gasteiger partial charge in [-0.15, -0.1) is 24.8 Å². The van der Waals surface area contributed by atoms with Crippen molar-refractivity contribution in [1.29, 1.82) is 0 Å². The van der Waals surface area contributed by atoms with Crippen LogP contribution in [0.2, 0.25) is 0 Å². The molecule has 6 heteroatoms. The van der Waals surface area contributed by atoms with Gasteiger partial charge in [0.1, 0.15) is 0 Å². The second-order valence-electron chi connectivity index (χ2n) is 6.30. The molecule has 1 aromatic carbocycles. The van der Waals surface area contributed by atoms with Gasteiger partial charge in [0.05, 0.1) is 5.92 Å². The highest BCUT2D eigenvalue weighted by atomic mass is 35.5. The lowest BCUT2D eigenvalue weighted by Gasteiger charge is -2.34. The topological polar surface area (TPSA) is 44.4 Å². The molecule has 2 aliphatic heterocycles. The average molecular weight is 360 g/mol. The largest absolute Gasteiger partial charge is 0.382 e. The lowest BCUT2D eigenvalue weighted by molar-refractivity contribution is -0.135. The van der Waals surface area contributed by atoms with Gasteiger partial charge >= 0.3 is 0 Å². The van der Waals surface area contributed by atoms with Crippen LogP contribution in [-0.2, 0) is 4.79 Å². The van der Waals surface area contributed by atoms with Crippen LogP contribution in [0.25, 0.3) is 0 Å². The Morgan fingerprint density at radius 3 is 2.57 bits per heavy atom. The second-order valence-corrected chi connectivity index (χ2v) is 6.30. The molecule has 4 nitrogen and oxygen atoms in total. The molecule has 2 saturated heterocycles. The van der Waals surface area contributed by atoms with E-state index in [1.165, 1.54) is 11.3 Å². The third-order valence-electron chi connectivity index (χ3n) is 4.61. The second kappa shape index (κ2) is 9.36. The van der Waals surface area contributed by atoms with E-state index in [-0.39, 0.29) is 30.7 Å². The molecule has 23 heavy (non-hydrogen) atoms. The molecule has 0 aliphatic carbocycles. The van der Waals surface area contributed by atoms with Gasteiger partial charge in [-0.2, -0.15) is 0 Å². The zero-order valence-corrected chi connectivity index (χ0v) is 15.2. The molecule has 1 aromatic rings. The molecule has 0 bridgehead atoms. The lowest BCUT2D eigenvalue weighted by Crippen LogP contribution is -2.45. The van der Waals surface area contributed by atoms with Gasteiger partial charge in [-0.3, -0.25) is 4.79 Å². The first kappa shape index (κ1) is 20.1. The van der Waals surface area contributed by atoms with E-state index < -0.39 is 0 Å². The third kappa shape index (κ3) is 5.27. The van der Waals surface area contributed by atoms with Crippen molar-refractivity contribution in [1.82, 2.24) is 10.2 Å². The van der Waals surface area contributed by atoms with Crippen molar-refractivity contribution in [2.24, 2.45) is 5.92 Å². The van der Waals surface area contributed by atoms with Crippen molar-refractivity contribution in [3.8, 4) is 0 Å². The number of likely N-dealkylation sites (tertiary alicyclic amines) is 1. The summed E-state index contributed by atoms with van der Waals surface area (Å²) in [5.41, 5.74) is 2.47. The summed E-state index contributed by atoms with van der Waals surface area (Å²) < 4.78 is 0. The molecule has 1 atom stereocenters. The number of nitrogens with one attached hydrogen (secondary N) is 2. The van der Waals surface area contributed by atoms with Gasteiger partial charge < -0.3 is 15.5 Å². The highest BCUT2D eigenvalue weighted by Crippen LogP contribution is 2.20. The number of halogens is 2. The number of carbonyl (C=O) groups excluding carboxylic acids is 1. The molecule has 2 aliphatic rings. The molecule has 0 aromatic heterocycles. The fraction of sp³-hybridized carbons (Fsp3) is 0.588. The molecule has 1 unspecified atom stereocenters. The maximum atomic E-state index is 12.4. The smallest absolute Gasteiger partial charge is 0.227 e. The molecule has 3 rings (SSSR count). The monoisotopic (exact) mass is 359 g/mol. The average Bonchev–Trinajstić information content (AvgIpc) is 3.01. The normalized spacial score (nSPS) is 21.3. The van der Waals surface area contributed by atoms with Crippen molar-refractivity contribution < 1.29 is 4.79 Å². The molecular formula is C17H27Cl2N3O. The van der Waals surface area contributed by atoms with Crippen LogP contribution >= 0.6 is 24.8 Å². The minimum Gasteiger partial charge on any atom is -0.382 e. The number of hydrogen-bond donors (Lipinski definition) is 2. The van der Waals surface area contributed by atoms with Gasteiger partial charge in [0.25, 0.3) is 0 Å².